The number of cyclic esters (lactones) is 1. The first-order valence-electron chi connectivity index (χ1n) is 11.4. The lowest BCUT2D eigenvalue weighted by Crippen LogP contribution is -2.32. The summed E-state index contributed by atoms with van der Waals surface area (Å²) in [5, 5.41) is 5.14. The van der Waals surface area contributed by atoms with Crippen LogP contribution in [-0.4, -0.2) is 50.8 Å². The molecule has 0 aliphatic carbocycles. The minimum atomic E-state index is -4.56. The van der Waals surface area contributed by atoms with Gasteiger partial charge in [-0.2, -0.15) is 23.3 Å². The van der Waals surface area contributed by atoms with E-state index >= 15 is 0 Å². The maximum Gasteiger partial charge on any atom is 0.416 e. The highest BCUT2D eigenvalue weighted by atomic mass is 35.5. The molecule has 194 valence electrons. The fourth-order valence-corrected chi connectivity index (χ4v) is 5.86. The van der Waals surface area contributed by atoms with Crippen LogP contribution in [0.5, 0.6) is 0 Å². The van der Waals surface area contributed by atoms with Crippen molar-refractivity contribution in [3.8, 4) is 0 Å². The Morgan fingerprint density at radius 3 is 2.71 bits per heavy atom. The van der Waals surface area contributed by atoms with Crippen molar-refractivity contribution in [3.63, 3.8) is 0 Å². The summed E-state index contributed by atoms with van der Waals surface area (Å²) in [5.74, 6) is -2.31. The molecule has 2 aromatic carbocycles. The van der Waals surface area contributed by atoms with Crippen molar-refractivity contribution in [2.75, 3.05) is 13.2 Å². The van der Waals surface area contributed by atoms with Crippen molar-refractivity contribution in [2.45, 2.75) is 12.7 Å². The predicted molar refractivity (Wildman–Crippen MR) is 133 cm³/mol. The first-order chi connectivity index (χ1) is 18.1. The van der Waals surface area contributed by atoms with Gasteiger partial charge in [0.2, 0.25) is 5.91 Å². The van der Waals surface area contributed by atoms with E-state index in [4.69, 9.17) is 16.3 Å². The SMILES string of the molecule is O=C1N=C(N2CC3C(=O)OCC3C2=O)SC1=Cc1ccc2c(cnn2Cc2ccc(Cl)cc2C(F)(F)F)c1. The molecule has 0 spiro atoms. The standard InChI is InChI=1S/C25H16ClF3N4O4S/c26-15-3-2-13(18(7-15)25(27,28)29)9-33-19-4-1-12(5-14(19)8-30-33)6-20-21(34)31-24(38-20)32-10-16-17(22(32)35)11-37-23(16)36/h1-8,16-17H,9-11H2. The van der Waals surface area contributed by atoms with Gasteiger partial charge in [-0.15, -0.1) is 0 Å². The molecular weight excluding hydrogens is 545 g/mol. The van der Waals surface area contributed by atoms with E-state index < -0.39 is 35.5 Å². The predicted octanol–water partition coefficient (Wildman–Crippen LogP) is 4.36. The van der Waals surface area contributed by atoms with Gasteiger partial charge in [0.1, 0.15) is 6.61 Å². The van der Waals surface area contributed by atoms with Crippen molar-refractivity contribution < 1.29 is 32.3 Å². The Morgan fingerprint density at radius 2 is 1.95 bits per heavy atom. The fraction of sp³-hybridized carbons (Fsp3) is 0.240. The van der Waals surface area contributed by atoms with Gasteiger partial charge in [0.15, 0.2) is 5.17 Å². The van der Waals surface area contributed by atoms with Crippen molar-refractivity contribution in [1.82, 2.24) is 14.7 Å². The van der Waals surface area contributed by atoms with Gasteiger partial charge in [0.05, 0.1) is 40.6 Å². The van der Waals surface area contributed by atoms with Gasteiger partial charge in [-0.3, -0.25) is 24.0 Å². The van der Waals surface area contributed by atoms with Crippen LogP contribution in [0, 0.1) is 11.8 Å². The number of thioether (sulfide) groups is 1. The number of carbonyl (C=O) groups excluding carboxylic acids is 3. The van der Waals surface area contributed by atoms with E-state index in [0.29, 0.717) is 21.4 Å². The molecule has 0 bridgehead atoms. The average molecular weight is 561 g/mol. The van der Waals surface area contributed by atoms with Crippen molar-refractivity contribution >= 4 is 63.3 Å². The summed E-state index contributed by atoms with van der Waals surface area (Å²) in [6.07, 6.45) is -1.40. The van der Waals surface area contributed by atoms with Crippen LogP contribution in [0.3, 0.4) is 0 Å². The van der Waals surface area contributed by atoms with Crippen molar-refractivity contribution in [2.24, 2.45) is 16.8 Å². The second-order valence-electron chi connectivity index (χ2n) is 9.02. The number of esters is 1. The van der Waals surface area contributed by atoms with E-state index in [1.165, 1.54) is 27.9 Å². The third-order valence-corrected chi connectivity index (χ3v) is 7.90. The Balaban J connectivity index is 1.22. The summed E-state index contributed by atoms with van der Waals surface area (Å²) < 4.78 is 46.9. The van der Waals surface area contributed by atoms with Crippen molar-refractivity contribution in [3.05, 3.63) is 69.2 Å². The lowest BCUT2D eigenvalue weighted by Gasteiger charge is -2.15. The Kier molecular flexibility index (Phi) is 5.84. The molecule has 38 heavy (non-hydrogen) atoms. The molecule has 2 amide bonds. The fourth-order valence-electron chi connectivity index (χ4n) is 4.76. The maximum absolute atomic E-state index is 13.5. The van der Waals surface area contributed by atoms with Gasteiger partial charge >= 0.3 is 12.1 Å². The lowest BCUT2D eigenvalue weighted by molar-refractivity contribution is -0.141. The van der Waals surface area contributed by atoms with E-state index in [0.717, 1.165) is 17.8 Å². The minimum Gasteiger partial charge on any atom is -0.465 e. The highest BCUT2D eigenvalue weighted by molar-refractivity contribution is 8.18. The van der Waals surface area contributed by atoms with E-state index in [1.54, 1.807) is 24.3 Å². The van der Waals surface area contributed by atoms with E-state index in [1.807, 2.05) is 0 Å². The van der Waals surface area contributed by atoms with Gasteiger partial charge < -0.3 is 4.74 Å². The number of likely N-dealkylation sites (tertiary alicyclic amines) is 1. The van der Waals surface area contributed by atoms with Crippen LogP contribution >= 0.6 is 23.4 Å². The average Bonchev–Trinajstić information content (AvgIpc) is 3.61. The molecule has 0 N–H and O–H groups in total. The van der Waals surface area contributed by atoms with E-state index in [-0.39, 0.29) is 41.4 Å². The Bertz CT molecular complexity index is 1600. The summed E-state index contributed by atoms with van der Waals surface area (Å²) in [4.78, 5) is 42.7. The third kappa shape index (κ3) is 4.27. The monoisotopic (exact) mass is 560 g/mol. The number of carbonyl (C=O) groups is 3. The molecular formula is C25H16ClF3N4O4S. The van der Waals surface area contributed by atoms with Gasteiger partial charge in [0, 0.05) is 17.0 Å². The quantitative estimate of drug-likeness (QED) is 0.349. The van der Waals surface area contributed by atoms with Gasteiger partial charge in [-0.25, -0.2) is 0 Å². The van der Waals surface area contributed by atoms with Crippen LogP contribution in [0.4, 0.5) is 13.2 Å². The van der Waals surface area contributed by atoms with Crippen LogP contribution in [0.1, 0.15) is 16.7 Å². The van der Waals surface area contributed by atoms with Crippen molar-refractivity contribution in [1.29, 1.82) is 0 Å². The zero-order chi connectivity index (χ0) is 26.8. The molecule has 2 atom stereocenters. The molecule has 3 aliphatic rings. The zero-order valence-electron chi connectivity index (χ0n) is 19.2. The van der Waals surface area contributed by atoms with Crippen LogP contribution in [0.15, 0.2) is 52.5 Å². The summed E-state index contributed by atoms with van der Waals surface area (Å²) >= 11 is 6.83. The molecule has 1 aromatic heterocycles. The van der Waals surface area contributed by atoms with Crippen LogP contribution in [0.2, 0.25) is 5.02 Å². The largest absolute Gasteiger partial charge is 0.465 e. The van der Waals surface area contributed by atoms with E-state index in [2.05, 4.69) is 10.1 Å². The molecule has 2 fully saturated rings. The second kappa shape index (κ2) is 8.98. The number of amidine groups is 1. The molecule has 0 saturated carbocycles. The zero-order valence-corrected chi connectivity index (χ0v) is 20.8. The number of aliphatic imine (C=N–C) groups is 1. The summed E-state index contributed by atoms with van der Waals surface area (Å²) in [7, 11) is 0. The first-order valence-corrected chi connectivity index (χ1v) is 12.6. The van der Waals surface area contributed by atoms with Gasteiger partial charge in [-0.05, 0) is 53.2 Å². The van der Waals surface area contributed by atoms with Crippen LogP contribution in [-0.2, 0) is 31.8 Å². The number of halogens is 4. The molecule has 3 aromatic rings. The number of hydrogen-bond donors (Lipinski definition) is 0. The van der Waals surface area contributed by atoms with E-state index in [9.17, 15) is 27.6 Å². The number of hydrogen-bond acceptors (Lipinski definition) is 6. The number of aromatic nitrogens is 2. The van der Waals surface area contributed by atoms with Gasteiger partial charge in [0.25, 0.3) is 5.91 Å². The lowest BCUT2D eigenvalue weighted by atomic mass is 10.00. The number of rotatable bonds is 3. The van der Waals surface area contributed by atoms with Crippen LogP contribution in [0.25, 0.3) is 17.0 Å². The Labute approximate surface area is 222 Å². The molecule has 0 radical (unpaired) electrons. The first kappa shape index (κ1) is 24.7. The number of alkyl halides is 3. The minimum absolute atomic E-state index is 0.00463. The highest BCUT2D eigenvalue weighted by Gasteiger charge is 2.52. The number of fused-ring (bicyclic) bond motifs is 2. The molecule has 2 saturated heterocycles. The molecule has 8 nitrogen and oxygen atoms in total. The summed E-state index contributed by atoms with van der Waals surface area (Å²) in [5.41, 5.74) is 0.475. The molecule has 3 aliphatic heterocycles. The Morgan fingerprint density at radius 1 is 1.13 bits per heavy atom. The number of benzene rings is 2. The highest BCUT2D eigenvalue weighted by Crippen LogP contribution is 2.38. The number of ether oxygens (including phenoxy) is 1. The Hall–Kier alpha value is -3.64. The molecule has 4 heterocycles. The maximum atomic E-state index is 13.5. The second-order valence-corrected chi connectivity index (χ2v) is 10.5. The normalized spacial score (nSPS) is 22.5. The van der Waals surface area contributed by atoms with Gasteiger partial charge in [-0.1, -0.05) is 23.7 Å². The topological polar surface area (TPSA) is 93.9 Å². The smallest absolute Gasteiger partial charge is 0.416 e. The molecule has 2 unspecified atom stereocenters. The molecule has 6 rings (SSSR count). The molecule has 13 heteroatoms. The summed E-state index contributed by atoms with van der Waals surface area (Å²) in [6.45, 7) is 0.0566. The summed E-state index contributed by atoms with van der Waals surface area (Å²) in [6, 6.07) is 8.81. The number of nitrogens with zero attached hydrogens (tertiary/aromatic N) is 4. The van der Waals surface area contributed by atoms with Crippen LogP contribution < -0.4 is 0 Å². The number of amides is 2. The third-order valence-electron chi connectivity index (χ3n) is 6.66.